The molecule has 0 aromatic heterocycles. The third-order valence-electron chi connectivity index (χ3n) is 1.87. The van der Waals surface area contributed by atoms with Crippen molar-refractivity contribution in [3.05, 3.63) is 36.5 Å². The molecule has 1 N–H and O–H groups in total. The van der Waals surface area contributed by atoms with E-state index in [1.165, 1.54) is 0 Å². The topological polar surface area (TPSA) is 38.3 Å². The normalized spacial score (nSPS) is 11.3. The van der Waals surface area contributed by atoms with Crippen molar-refractivity contribution in [2.24, 2.45) is 0 Å². The van der Waals surface area contributed by atoms with Crippen molar-refractivity contribution in [2.45, 2.75) is 39.7 Å². The van der Waals surface area contributed by atoms with Crippen molar-refractivity contribution in [2.75, 3.05) is 6.54 Å². The Balaban J connectivity index is 3.97. The highest BCUT2D eigenvalue weighted by molar-refractivity contribution is 5.68. The molecule has 0 aliphatic carbocycles. The summed E-state index contributed by atoms with van der Waals surface area (Å²) in [6, 6.07) is 0. The van der Waals surface area contributed by atoms with Crippen LogP contribution in [0.4, 0.5) is 4.79 Å². The van der Waals surface area contributed by atoms with Gasteiger partial charge in [-0.3, -0.25) is 0 Å². The molecular formula is C14H23NO2. The maximum absolute atomic E-state index is 11.3. The minimum Gasteiger partial charge on any atom is -0.444 e. The molecular weight excluding hydrogens is 214 g/mol. The van der Waals surface area contributed by atoms with Crippen LogP contribution in [0.2, 0.25) is 0 Å². The lowest BCUT2D eigenvalue weighted by Crippen LogP contribution is -2.33. The minimum atomic E-state index is -0.474. The van der Waals surface area contributed by atoms with E-state index >= 15 is 0 Å². The molecule has 96 valence electrons. The molecule has 17 heavy (non-hydrogen) atoms. The van der Waals surface area contributed by atoms with Gasteiger partial charge in [0.05, 0.1) is 0 Å². The second-order valence-corrected chi connectivity index (χ2v) is 4.86. The average molecular weight is 237 g/mol. The molecule has 0 aliphatic heterocycles. The van der Waals surface area contributed by atoms with Crippen LogP contribution in [0, 0.1) is 0 Å². The summed E-state index contributed by atoms with van der Waals surface area (Å²) in [5, 5.41) is 2.64. The fourth-order valence-corrected chi connectivity index (χ4v) is 0.912. The van der Waals surface area contributed by atoms with Gasteiger partial charge >= 0.3 is 6.09 Å². The molecule has 0 bridgehead atoms. The van der Waals surface area contributed by atoms with Crippen molar-refractivity contribution in [3.63, 3.8) is 0 Å². The molecule has 0 saturated carbocycles. The van der Waals surface area contributed by atoms with Gasteiger partial charge in [-0.15, -0.1) is 0 Å². The van der Waals surface area contributed by atoms with E-state index in [1.54, 1.807) is 0 Å². The van der Waals surface area contributed by atoms with Gasteiger partial charge in [-0.25, -0.2) is 4.79 Å². The van der Waals surface area contributed by atoms with E-state index in [2.05, 4.69) is 18.5 Å². The van der Waals surface area contributed by atoms with Gasteiger partial charge < -0.3 is 10.1 Å². The molecule has 0 aliphatic rings. The third kappa shape index (κ3) is 9.42. The monoisotopic (exact) mass is 237 g/mol. The van der Waals surface area contributed by atoms with Gasteiger partial charge in [0, 0.05) is 6.54 Å². The molecule has 0 unspecified atom stereocenters. The minimum absolute atomic E-state index is 0.377. The number of hydrogen-bond acceptors (Lipinski definition) is 2. The van der Waals surface area contributed by atoms with Crippen LogP contribution in [0.15, 0.2) is 36.5 Å². The van der Waals surface area contributed by atoms with E-state index in [0.29, 0.717) is 6.54 Å². The van der Waals surface area contributed by atoms with E-state index in [-0.39, 0.29) is 0 Å². The largest absolute Gasteiger partial charge is 0.444 e. The second-order valence-electron chi connectivity index (χ2n) is 4.86. The van der Waals surface area contributed by atoms with Crippen molar-refractivity contribution < 1.29 is 9.53 Å². The number of hydrogen-bond donors (Lipinski definition) is 1. The Labute approximate surface area is 104 Å². The quantitative estimate of drug-likeness (QED) is 0.742. The lowest BCUT2D eigenvalue weighted by molar-refractivity contribution is 0.0533. The summed E-state index contributed by atoms with van der Waals surface area (Å²) in [6.45, 7) is 15.6. The maximum atomic E-state index is 11.3. The van der Waals surface area contributed by atoms with E-state index in [0.717, 1.165) is 17.6 Å². The Kier molecular flexibility index (Phi) is 6.33. The SMILES string of the molecule is C=C(C=CC(=C)CNC(=O)OC(C)(C)C)CC. The zero-order valence-electron chi connectivity index (χ0n) is 11.3. The van der Waals surface area contributed by atoms with Crippen LogP contribution in [-0.2, 0) is 4.74 Å². The Morgan fingerprint density at radius 2 is 1.76 bits per heavy atom. The molecule has 3 nitrogen and oxygen atoms in total. The standard InChI is InChI=1S/C14H23NO2/c1-7-11(2)8-9-12(3)10-15-13(16)17-14(4,5)6/h8-9H,2-3,7,10H2,1,4-6H3,(H,15,16). The second kappa shape index (κ2) is 6.94. The summed E-state index contributed by atoms with van der Waals surface area (Å²) in [6.07, 6.45) is 4.23. The lowest BCUT2D eigenvalue weighted by Gasteiger charge is -2.19. The number of carbonyl (C=O) groups excluding carboxylic acids is 1. The summed E-state index contributed by atoms with van der Waals surface area (Å²) >= 11 is 0. The average Bonchev–Trinajstić information content (AvgIpc) is 2.20. The zero-order chi connectivity index (χ0) is 13.5. The van der Waals surface area contributed by atoms with Crippen LogP contribution in [0.1, 0.15) is 34.1 Å². The maximum Gasteiger partial charge on any atom is 0.407 e. The van der Waals surface area contributed by atoms with Crippen molar-refractivity contribution in [1.82, 2.24) is 5.32 Å². The summed E-state index contributed by atoms with van der Waals surface area (Å²) < 4.78 is 5.10. The van der Waals surface area contributed by atoms with Gasteiger partial charge in [0.1, 0.15) is 5.60 Å². The van der Waals surface area contributed by atoms with E-state index in [1.807, 2.05) is 39.8 Å². The molecule has 0 radical (unpaired) electrons. The van der Waals surface area contributed by atoms with Crippen LogP contribution >= 0.6 is 0 Å². The van der Waals surface area contributed by atoms with Gasteiger partial charge in [0.2, 0.25) is 0 Å². The Morgan fingerprint density at radius 3 is 2.24 bits per heavy atom. The summed E-state index contributed by atoms with van der Waals surface area (Å²) in [7, 11) is 0. The zero-order valence-corrected chi connectivity index (χ0v) is 11.3. The molecule has 0 fully saturated rings. The lowest BCUT2D eigenvalue weighted by atomic mass is 10.2. The van der Waals surface area contributed by atoms with Gasteiger partial charge in [-0.2, -0.15) is 0 Å². The predicted octanol–water partition coefficient (Wildman–Crippen LogP) is 3.59. The first kappa shape index (κ1) is 15.5. The molecule has 0 aromatic rings. The van der Waals surface area contributed by atoms with Crippen LogP contribution in [-0.4, -0.2) is 18.2 Å². The molecule has 0 heterocycles. The fourth-order valence-electron chi connectivity index (χ4n) is 0.912. The van der Waals surface area contributed by atoms with Crippen molar-refractivity contribution in [1.29, 1.82) is 0 Å². The summed E-state index contributed by atoms with van der Waals surface area (Å²) in [4.78, 5) is 11.3. The highest BCUT2D eigenvalue weighted by atomic mass is 16.6. The van der Waals surface area contributed by atoms with Crippen LogP contribution < -0.4 is 5.32 Å². The first-order chi connectivity index (χ1) is 7.74. The predicted molar refractivity (Wildman–Crippen MR) is 71.9 cm³/mol. The summed E-state index contributed by atoms with van der Waals surface area (Å²) in [5.74, 6) is 0. The first-order valence-electron chi connectivity index (χ1n) is 5.75. The Bertz CT molecular complexity index is 322. The number of allylic oxidation sites excluding steroid dienone is 2. The van der Waals surface area contributed by atoms with E-state index < -0.39 is 11.7 Å². The Hall–Kier alpha value is -1.51. The number of ether oxygens (including phenoxy) is 1. The highest BCUT2D eigenvalue weighted by Crippen LogP contribution is 2.06. The number of alkyl carbamates (subject to hydrolysis) is 1. The smallest absolute Gasteiger partial charge is 0.407 e. The number of carbonyl (C=O) groups is 1. The molecule has 3 heteroatoms. The van der Waals surface area contributed by atoms with Crippen LogP contribution in [0.25, 0.3) is 0 Å². The number of rotatable bonds is 5. The van der Waals surface area contributed by atoms with Crippen LogP contribution in [0.3, 0.4) is 0 Å². The first-order valence-corrected chi connectivity index (χ1v) is 5.75. The van der Waals surface area contributed by atoms with Crippen molar-refractivity contribution >= 4 is 6.09 Å². The van der Waals surface area contributed by atoms with Gasteiger partial charge in [-0.1, -0.05) is 37.8 Å². The Morgan fingerprint density at radius 1 is 1.24 bits per heavy atom. The summed E-state index contributed by atoms with van der Waals surface area (Å²) in [5.41, 5.74) is 1.37. The third-order valence-corrected chi connectivity index (χ3v) is 1.87. The molecule has 0 atom stereocenters. The van der Waals surface area contributed by atoms with E-state index in [4.69, 9.17) is 4.74 Å². The fraction of sp³-hybridized carbons (Fsp3) is 0.500. The molecule has 1 amide bonds. The van der Waals surface area contributed by atoms with Gasteiger partial charge in [0.25, 0.3) is 0 Å². The molecule has 0 spiro atoms. The van der Waals surface area contributed by atoms with Gasteiger partial charge in [-0.05, 0) is 32.8 Å². The van der Waals surface area contributed by atoms with E-state index in [9.17, 15) is 4.79 Å². The number of amides is 1. The van der Waals surface area contributed by atoms with Gasteiger partial charge in [0.15, 0.2) is 0 Å². The molecule has 0 rings (SSSR count). The van der Waals surface area contributed by atoms with Crippen LogP contribution in [0.5, 0.6) is 0 Å². The number of nitrogens with one attached hydrogen (secondary N) is 1. The van der Waals surface area contributed by atoms with Crippen molar-refractivity contribution in [3.8, 4) is 0 Å². The molecule has 0 aromatic carbocycles. The molecule has 0 saturated heterocycles. The highest BCUT2D eigenvalue weighted by Gasteiger charge is 2.15.